The Morgan fingerprint density at radius 3 is 2.75 bits per heavy atom. The van der Waals surface area contributed by atoms with Crippen LogP contribution >= 0.6 is 27.3 Å². The molecule has 0 saturated heterocycles. The number of hydrogen-bond acceptors (Lipinski definition) is 4. The summed E-state index contributed by atoms with van der Waals surface area (Å²) in [4.78, 5) is 4.64. The van der Waals surface area contributed by atoms with Gasteiger partial charge in [-0.1, -0.05) is 36.7 Å². The van der Waals surface area contributed by atoms with Crippen LogP contribution in [-0.4, -0.2) is 4.98 Å². The van der Waals surface area contributed by atoms with Crippen LogP contribution in [0.15, 0.2) is 28.1 Å². The number of benzene rings is 1. The third kappa shape index (κ3) is 3.59. The molecule has 0 amide bonds. The Morgan fingerprint density at radius 2 is 2.15 bits per heavy atom. The van der Waals surface area contributed by atoms with Crippen LogP contribution in [0.1, 0.15) is 37.0 Å². The van der Waals surface area contributed by atoms with E-state index >= 15 is 0 Å². The van der Waals surface area contributed by atoms with Gasteiger partial charge in [0.2, 0.25) is 0 Å². The van der Waals surface area contributed by atoms with E-state index in [0.29, 0.717) is 12.1 Å². The molecule has 3 nitrogen and oxygen atoms in total. The Labute approximate surface area is 131 Å². The highest BCUT2D eigenvalue weighted by molar-refractivity contribution is 9.10. The molecule has 0 radical (unpaired) electrons. The molecule has 0 unspecified atom stereocenters. The van der Waals surface area contributed by atoms with E-state index in [0.717, 1.165) is 20.9 Å². The first-order valence-electron chi connectivity index (χ1n) is 6.28. The van der Waals surface area contributed by atoms with Gasteiger partial charge in [0.25, 0.3) is 0 Å². The van der Waals surface area contributed by atoms with Crippen LogP contribution in [0.3, 0.4) is 0 Å². The number of nitrogens with one attached hydrogen (secondary N) is 1. The molecule has 0 fully saturated rings. The van der Waals surface area contributed by atoms with E-state index in [1.807, 2.05) is 12.1 Å². The Morgan fingerprint density at radius 1 is 1.40 bits per heavy atom. The molecule has 0 atom stereocenters. The van der Waals surface area contributed by atoms with Crippen LogP contribution in [0, 0.1) is 11.3 Å². The molecule has 0 bridgehead atoms. The van der Waals surface area contributed by atoms with Crippen LogP contribution in [-0.2, 0) is 12.0 Å². The molecule has 20 heavy (non-hydrogen) atoms. The van der Waals surface area contributed by atoms with Crippen molar-refractivity contribution < 1.29 is 0 Å². The van der Waals surface area contributed by atoms with Gasteiger partial charge >= 0.3 is 0 Å². The number of aromatic nitrogens is 1. The van der Waals surface area contributed by atoms with Crippen molar-refractivity contribution in [2.24, 2.45) is 0 Å². The lowest BCUT2D eigenvalue weighted by atomic mass is 9.93. The number of thiazole rings is 1. The molecule has 0 aliphatic rings. The Bertz CT molecular complexity index is 650. The fraction of sp³-hybridized carbons (Fsp3) is 0.333. The fourth-order valence-corrected chi connectivity index (χ4v) is 2.99. The Hall–Kier alpha value is -1.38. The molecule has 1 aromatic carbocycles. The molecular formula is C15H16BrN3S. The smallest absolute Gasteiger partial charge is 0.112 e. The maximum absolute atomic E-state index is 9.10. The van der Waals surface area contributed by atoms with Gasteiger partial charge in [0.05, 0.1) is 23.5 Å². The average molecular weight is 350 g/mol. The van der Waals surface area contributed by atoms with Crippen molar-refractivity contribution in [3.05, 3.63) is 44.3 Å². The molecule has 2 rings (SSSR count). The molecule has 0 spiro atoms. The number of rotatable bonds is 3. The Kier molecular flexibility index (Phi) is 4.46. The number of nitrogens with zero attached hydrogens (tertiary/aromatic N) is 2. The number of halogens is 1. The first kappa shape index (κ1) is 15.0. The van der Waals surface area contributed by atoms with Gasteiger partial charge in [-0.25, -0.2) is 4.98 Å². The van der Waals surface area contributed by atoms with Crippen molar-refractivity contribution in [3.63, 3.8) is 0 Å². The second-order valence-electron chi connectivity index (χ2n) is 5.53. The summed E-state index contributed by atoms with van der Waals surface area (Å²) in [7, 11) is 0. The average Bonchev–Trinajstić information content (AvgIpc) is 2.85. The second-order valence-corrected chi connectivity index (χ2v) is 7.39. The molecular weight excluding hydrogens is 334 g/mol. The maximum atomic E-state index is 9.10. The van der Waals surface area contributed by atoms with Crippen molar-refractivity contribution in [2.45, 2.75) is 32.7 Å². The normalized spacial score (nSPS) is 11.2. The minimum absolute atomic E-state index is 0.0718. The predicted molar refractivity (Wildman–Crippen MR) is 87.0 cm³/mol. The van der Waals surface area contributed by atoms with Crippen molar-refractivity contribution >= 4 is 33.0 Å². The monoisotopic (exact) mass is 349 g/mol. The zero-order valence-electron chi connectivity index (χ0n) is 11.7. The SMILES string of the molecule is CC(C)(C)c1csc(CNc2cc(Br)ccc2C#N)n1. The van der Waals surface area contributed by atoms with E-state index in [1.54, 1.807) is 17.4 Å². The zero-order valence-corrected chi connectivity index (χ0v) is 14.1. The summed E-state index contributed by atoms with van der Waals surface area (Å²) in [5, 5.41) is 15.5. The number of nitriles is 1. The van der Waals surface area contributed by atoms with Crippen molar-refractivity contribution in [1.29, 1.82) is 5.26 Å². The quantitative estimate of drug-likeness (QED) is 0.874. The lowest BCUT2D eigenvalue weighted by Crippen LogP contribution is -2.12. The van der Waals surface area contributed by atoms with Crippen LogP contribution in [0.2, 0.25) is 0 Å². The molecule has 0 aliphatic carbocycles. The summed E-state index contributed by atoms with van der Waals surface area (Å²) >= 11 is 5.06. The highest BCUT2D eigenvalue weighted by Crippen LogP contribution is 2.25. The molecule has 104 valence electrons. The summed E-state index contributed by atoms with van der Waals surface area (Å²) in [6, 6.07) is 7.77. The van der Waals surface area contributed by atoms with E-state index in [-0.39, 0.29) is 5.41 Å². The molecule has 1 aromatic heterocycles. The van der Waals surface area contributed by atoms with E-state index in [4.69, 9.17) is 5.26 Å². The van der Waals surface area contributed by atoms with E-state index in [1.165, 1.54) is 0 Å². The molecule has 1 heterocycles. The highest BCUT2D eigenvalue weighted by atomic mass is 79.9. The minimum Gasteiger partial charge on any atom is -0.377 e. The van der Waals surface area contributed by atoms with Crippen LogP contribution < -0.4 is 5.32 Å². The predicted octanol–water partition coefficient (Wildman–Crippen LogP) is 4.69. The summed E-state index contributed by atoms with van der Waals surface area (Å²) in [6.07, 6.45) is 0. The van der Waals surface area contributed by atoms with Crippen LogP contribution in [0.5, 0.6) is 0 Å². The van der Waals surface area contributed by atoms with Gasteiger partial charge in [0.1, 0.15) is 11.1 Å². The molecule has 5 heteroatoms. The molecule has 2 aromatic rings. The van der Waals surface area contributed by atoms with E-state index < -0.39 is 0 Å². The van der Waals surface area contributed by atoms with Crippen LogP contribution in [0.25, 0.3) is 0 Å². The lowest BCUT2D eigenvalue weighted by Gasteiger charge is -2.14. The third-order valence-corrected chi connectivity index (χ3v) is 4.19. The van der Waals surface area contributed by atoms with Crippen molar-refractivity contribution in [1.82, 2.24) is 4.98 Å². The lowest BCUT2D eigenvalue weighted by molar-refractivity contribution is 0.571. The van der Waals surface area contributed by atoms with Gasteiger partial charge in [-0.15, -0.1) is 11.3 Å². The van der Waals surface area contributed by atoms with Gasteiger partial charge in [-0.2, -0.15) is 5.26 Å². The van der Waals surface area contributed by atoms with Crippen LogP contribution in [0.4, 0.5) is 5.69 Å². The van der Waals surface area contributed by atoms with Gasteiger partial charge in [0, 0.05) is 15.3 Å². The highest BCUT2D eigenvalue weighted by Gasteiger charge is 2.17. The van der Waals surface area contributed by atoms with E-state index in [9.17, 15) is 0 Å². The molecule has 0 saturated carbocycles. The van der Waals surface area contributed by atoms with Gasteiger partial charge < -0.3 is 5.32 Å². The number of anilines is 1. The largest absolute Gasteiger partial charge is 0.377 e. The van der Waals surface area contributed by atoms with E-state index in [2.05, 4.69) is 58.5 Å². The summed E-state index contributed by atoms with van der Waals surface area (Å²) in [6.45, 7) is 7.09. The third-order valence-electron chi connectivity index (χ3n) is 2.85. The minimum atomic E-state index is 0.0718. The standard InChI is InChI=1S/C15H16BrN3S/c1-15(2,3)13-9-20-14(19-13)8-18-12-6-11(16)5-4-10(12)7-17/h4-6,9,18H,8H2,1-3H3. The zero-order chi connectivity index (χ0) is 14.8. The second kappa shape index (κ2) is 5.94. The first-order valence-corrected chi connectivity index (χ1v) is 7.96. The summed E-state index contributed by atoms with van der Waals surface area (Å²) in [5.41, 5.74) is 2.65. The Balaban J connectivity index is 2.12. The van der Waals surface area contributed by atoms with Crippen molar-refractivity contribution in [3.8, 4) is 6.07 Å². The topological polar surface area (TPSA) is 48.7 Å². The maximum Gasteiger partial charge on any atom is 0.112 e. The fourth-order valence-electron chi connectivity index (χ4n) is 1.67. The van der Waals surface area contributed by atoms with Gasteiger partial charge in [-0.05, 0) is 18.2 Å². The molecule has 0 aliphatic heterocycles. The van der Waals surface area contributed by atoms with Gasteiger partial charge in [0.15, 0.2) is 0 Å². The van der Waals surface area contributed by atoms with Gasteiger partial charge in [-0.3, -0.25) is 0 Å². The summed E-state index contributed by atoms with van der Waals surface area (Å²) in [5.74, 6) is 0. The van der Waals surface area contributed by atoms with Crippen molar-refractivity contribution in [2.75, 3.05) is 5.32 Å². The first-order chi connectivity index (χ1) is 9.40. The molecule has 1 N–H and O–H groups in total. The summed E-state index contributed by atoms with van der Waals surface area (Å²) < 4.78 is 0.952. The number of hydrogen-bond donors (Lipinski definition) is 1.